The van der Waals surface area contributed by atoms with E-state index in [4.69, 9.17) is 11.6 Å². The number of carbonyl (C=O) groups is 1. The van der Waals surface area contributed by atoms with Gasteiger partial charge in [-0.2, -0.15) is 4.31 Å². The Morgan fingerprint density at radius 1 is 1.18 bits per heavy atom. The first-order valence-electron chi connectivity index (χ1n) is 10.5. The molecule has 0 unspecified atom stereocenters. The van der Waals surface area contributed by atoms with E-state index in [0.717, 1.165) is 51.4 Å². The number of nitrogens with zero attached hydrogens (tertiary/aromatic N) is 1. The molecular weight excluding hydrogens is 396 g/mol. The first kappa shape index (κ1) is 23.2. The zero-order chi connectivity index (χ0) is 20.6. The first-order valence-corrected chi connectivity index (χ1v) is 12.3. The summed E-state index contributed by atoms with van der Waals surface area (Å²) in [5, 5.41) is 3.21. The number of hydrogen-bond acceptors (Lipinski definition) is 3. The van der Waals surface area contributed by atoms with Crippen LogP contribution in [-0.4, -0.2) is 38.3 Å². The Labute approximate surface area is 174 Å². The molecule has 1 aromatic rings. The summed E-state index contributed by atoms with van der Waals surface area (Å²) in [7, 11) is -3.61. The third-order valence-corrected chi connectivity index (χ3v) is 7.70. The van der Waals surface area contributed by atoms with Crippen LogP contribution in [-0.2, 0) is 10.0 Å². The molecule has 1 aliphatic heterocycles. The van der Waals surface area contributed by atoms with Crippen LogP contribution >= 0.6 is 11.6 Å². The van der Waals surface area contributed by atoms with Crippen LogP contribution in [0.3, 0.4) is 0 Å². The second kappa shape index (κ2) is 11.2. The van der Waals surface area contributed by atoms with Crippen molar-refractivity contribution in [2.24, 2.45) is 5.92 Å². The van der Waals surface area contributed by atoms with Crippen LogP contribution in [0.5, 0.6) is 0 Å². The number of halogens is 1. The Hall–Kier alpha value is -1.11. The number of benzene rings is 1. The second-order valence-corrected chi connectivity index (χ2v) is 9.93. The maximum absolute atomic E-state index is 13.0. The normalized spacial score (nSPS) is 17.1. The SMILES string of the molecule is CCCC[C@@H](CC)CNC(=O)c1cc(S(=O)(=O)N2CCCCCC2)ccc1Cl. The fourth-order valence-electron chi connectivity index (χ4n) is 3.55. The van der Waals surface area contributed by atoms with E-state index in [0.29, 0.717) is 25.6 Å². The zero-order valence-electron chi connectivity index (χ0n) is 17.0. The minimum absolute atomic E-state index is 0.141. The molecule has 1 amide bonds. The highest BCUT2D eigenvalue weighted by Gasteiger charge is 2.26. The van der Waals surface area contributed by atoms with E-state index in [2.05, 4.69) is 19.2 Å². The molecule has 1 atom stereocenters. The van der Waals surface area contributed by atoms with Gasteiger partial charge in [0.2, 0.25) is 10.0 Å². The molecule has 7 heteroatoms. The maximum atomic E-state index is 13.0. The lowest BCUT2D eigenvalue weighted by atomic mass is 9.99. The van der Waals surface area contributed by atoms with Crippen LogP contribution in [0.25, 0.3) is 0 Å². The van der Waals surface area contributed by atoms with Crippen molar-refractivity contribution in [3.8, 4) is 0 Å². The molecule has 1 aromatic carbocycles. The van der Waals surface area contributed by atoms with E-state index in [1.807, 2.05) is 0 Å². The lowest BCUT2D eigenvalue weighted by molar-refractivity contribution is 0.0945. The number of nitrogens with one attached hydrogen (secondary N) is 1. The molecule has 0 radical (unpaired) electrons. The summed E-state index contributed by atoms with van der Waals surface area (Å²) in [5.74, 6) is 0.111. The van der Waals surface area contributed by atoms with E-state index in [9.17, 15) is 13.2 Å². The summed E-state index contributed by atoms with van der Waals surface area (Å²) in [6, 6.07) is 4.43. The van der Waals surface area contributed by atoms with E-state index >= 15 is 0 Å². The molecule has 28 heavy (non-hydrogen) atoms. The molecule has 1 saturated heterocycles. The van der Waals surface area contributed by atoms with Gasteiger partial charge in [-0.05, 0) is 43.4 Å². The lowest BCUT2D eigenvalue weighted by Crippen LogP contribution is -2.32. The molecule has 0 aliphatic carbocycles. The van der Waals surface area contributed by atoms with Gasteiger partial charge in [-0.25, -0.2) is 8.42 Å². The van der Waals surface area contributed by atoms with Crippen LogP contribution in [0.15, 0.2) is 23.1 Å². The van der Waals surface area contributed by atoms with Gasteiger partial charge in [0.1, 0.15) is 0 Å². The second-order valence-electron chi connectivity index (χ2n) is 7.59. The first-order chi connectivity index (χ1) is 13.4. The van der Waals surface area contributed by atoms with Crippen molar-refractivity contribution in [1.82, 2.24) is 9.62 Å². The van der Waals surface area contributed by atoms with Crippen LogP contribution in [0.4, 0.5) is 0 Å². The van der Waals surface area contributed by atoms with Crippen molar-refractivity contribution in [2.45, 2.75) is 70.1 Å². The molecule has 0 aromatic heterocycles. The number of hydrogen-bond donors (Lipinski definition) is 1. The summed E-state index contributed by atoms with van der Waals surface area (Å²) in [4.78, 5) is 12.8. The smallest absolute Gasteiger partial charge is 0.252 e. The molecule has 0 saturated carbocycles. The highest BCUT2D eigenvalue weighted by molar-refractivity contribution is 7.89. The van der Waals surface area contributed by atoms with Gasteiger partial charge in [-0.15, -0.1) is 0 Å². The van der Waals surface area contributed by atoms with Gasteiger partial charge < -0.3 is 5.32 Å². The number of unbranched alkanes of at least 4 members (excludes halogenated alkanes) is 1. The average molecular weight is 429 g/mol. The van der Waals surface area contributed by atoms with Crippen LogP contribution in [0.2, 0.25) is 5.02 Å². The zero-order valence-corrected chi connectivity index (χ0v) is 18.6. The van der Waals surface area contributed by atoms with Crippen LogP contribution in [0.1, 0.15) is 75.6 Å². The molecule has 1 heterocycles. The summed E-state index contributed by atoms with van der Waals surface area (Å²) in [5.41, 5.74) is 0.225. The van der Waals surface area contributed by atoms with Gasteiger partial charge in [0.25, 0.3) is 5.91 Å². The third-order valence-electron chi connectivity index (χ3n) is 5.48. The largest absolute Gasteiger partial charge is 0.352 e. The van der Waals surface area contributed by atoms with Crippen molar-refractivity contribution in [1.29, 1.82) is 0 Å². The summed E-state index contributed by atoms with van der Waals surface area (Å²) < 4.78 is 27.5. The van der Waals surface area contributed by atoms with E-state index in [-0.39, 0.29) is 21.4 Å². The number of sulfonamides is 1. The Kier molecular flexibility index (Phi) is 9.25. The van der Waals surface area contributed by atoms with E-state index < -0.39 is 10.0 Å². The lowest BCUT2D eigenvalue weighted by Gasteiger charge is -2.20. The average Bonchev–Trinajstić information content (AvgIpc) is 2.98. The van der Waals surface area contributed by atoms with Gasteiger partial charge in [0.15, 0.2) is 0 Å². The molecule has 5 nitrogen and oxygen atoms in total. The standard InChI is InChI=1S/C21H33ClN2O3S/c1-3-5-10-17(4-2)16-23-21(25)19-15-18(11-12-20(19)22)28(26,27)24-13-8-6-7-9-14-24/h11-12,15,17H,3-10,13-14,16H2,1-2H3,(H,23,25)/t17-/m1/s1. The van der Waals surface area contributed by atoms with Crippen molar-refractivity contribution >= 4 is 27.5 Å². The Balaban J connectivity index is 2.14. The topological polar surface area (TPSA) is 66.5 Å². The molecule has 1 N–H and O–H groups in total. The van der Waals surface area contributed by atoms with Crippen molar-refractivity contribution in [3.05, 3.63) is 28.8 Å². The predicted molar refractivity (Wildman–Crippen MR) is 114 cm³/mol. The quantitative estimate of drug-likeness (QED) is 0.611. The fraction of sp³-hybridized carbons (Fsp3) is 0.667. The van der Waals surface area contributed by atoms with Gasteiger partial charge in [-0.1, -0.05) is 57.6 Å². The van der Waals surface area contributed by atoms with Crippen molar-refractivity contribution in [3.63, 3.8) is 0 Å². The summed E-state index contributed by atoms with van der Waals surface area (Å²) >= 11 is 6.22. The fourth-order valence-corrected chi connectivity index (χ4v) is 5.29. The van der Waals surface area contributed by atoms with Crippen molar-refractivity contribution < 1.29 is 13.2 Å². The van der Waals surface area contributed by atoms with Crippen LogP contribution < -0.4 is 5.32 Å². The third kappa shape index (κ3) is 6.19. The van der Waals surface area contributed by atoms with Gasteiger partial charge in [-0.3, -0.25) is 4.79 Å². The summed E-state index contributed by atoms with van der Waals surface area (Å²) in [6.45, 7) is 5.91. The summed E-state index contributed by atoms with van der Waals surface area (Å²) in [6.07, 6.45) is 8.19. The molecule has 0 spiro atoms. The molecule has 1 aliphatic rings. The highest BCUT2D eigenvalue weighted by Crippen LogP contribution is 2.25. The van der Waals surface area contributed by atoms with Gasteiger partial charge >= 0.3 is 0 Å². The predicted octanol–water partition coefficient (Wildman–Crippen LogP) is 4.85. The molecule has 0 bridgehead atoms. The molecule has 1 fully saturated rings. The van der Waals surface area contributed by atoms with E-state index in [1.54, 1.807) is 0 Å². The minimum Gasteiger partial charge on any atom is -0.352 e. The van der Waals surface area contributed by atoms with Gasteiger partial charge in [0, 0.05) is 19.6 Å². The van der Waals surface area contributed by atoms with Gasteiger partial charge in [0.05, 0.1) is 15.5 Å². The Morgan fingerprint density at radius 3 is 2.46 bits per heavy atom. The van der Waals surface area contributed by atoms with E-state index in [1.165, 1.54) is 22.5 Å². The number of amides is 1. The Bertz CT molecular complexity index is 744. The monoisotopic (exact) mass is 428 g/mol. The van der Waals surface area contributed by atoms with Crippen LogP contribution in [0, 0.1) is 5.92 Å². The highest BCUT2D eigenvalue weighted by atomic mass is 35.5. The number of carbonyl (C=O) groups excluding carboxylic acids is 1. The molecular formula is C21H33ClN2O3S. The minimum atomic E-state index is -3.61. The molecule has 2 rings (SSSR count). The Morgan fingerprint density at radius 2 is 1.86 bits per heavy atom. The number of rotatable bonds is 9. The van der Waals surface area contributed by atoms with Crippen molar-refractivity contribution in [2.75, 3.05) is 19.6 Å². The molecule has 158 valence electrons. The maximum Gasteiger partial charge on any atom is 0.252 e.